The van der Waals surface area contributed by atoms with E-state index in [1.165, 1.54) is 0 Å². The summed E-state index contributed by atoms with van der Waals surface area (Å²) in [5.41, 5.74) is -0.696. The smallest absolute Gasteiger partial charge is 0.360 e. The van der Waals surface area contributed by atoms with Gasteiger partial charge in [-0.1, -0.05) is 42.6 Å². The fraction of sp³-hybridized carbons (Fsp3) is 1.00. The van der Waals surface area contributed by atoms with Crippen LogP contribution in [0.2, 0.25) is 0 Å². The average Bonchev–Trinajstić information content (AvgIpc) is 2.25. The first kappa shape index (κ1) is 20.0. The number of hydrogen-bond acceptors (Lipinski definition) is 1. The summed E-state index contributed by atoms with van der Waals surface area (Å²) in [5.74, 6) is 0. The fourth-order valence-electron chi connectivity index (χ4n) is 2.14. The largest absolute Gasteiger partial charge is 0.423 e. The minimum Gasteiger partial charge on any atom is -0.360 e. The van der Waals surface area contributed by atoms with E-state index in [2.05, 4.69) is 20.7 Å². The molecule has 0 spiro atoms. The van der Waals surface area contributed by atoms with Crippen molar-refractivity contribution in [3.63, 3.8) is 0 Å². The first-order valence-electron chi connectivity index (χ1n) is 6.33. The molecule has 0 aromatic heterocycles. The van der Waals surface area contributed by atoms with Crippen molar-refractivity contribution in [1.82, 2.24) is 0 Å². The Labute approximate surface area is 123 Å². The van der Waals surface area contributed by atoms with Crippen LogP contribution in [0.4, 0.5) is 26.3 Å². The molecule has 0 saturated heterocycles. The second kappa shape index (κ2) is 7.87. The Kier molecular flexibility index (Phi) is 7.87. The van der Waals surface area contributed by atoms with Gasteiger partial charge >= 0.3 is 12.4 Å². The van der Waals surface area contributed by atoms with Crippen LogP contribution in [-0.4, -0.2) is 30.4 Å². The molecule has 0 aromatic carbocycles. The van der Waals surface area contributed by atoms with Crippen LogP contribution in [0, 0.1) is 5.41 Å². The van der Waals surface area contributed by atoms with Gasteiger partial charge in [0.15, 0.2) is 0 Å². The van der Waals surface area contributed by atoms with Crippen molar-refractivity contribution >= 4 is 15.9 Å². The van der Waals surface area contributed by atoms with Gasteiger partial charge in [-0.3, -0.25) is 0 Å². The predicted molar refractivity (Wildman–Crippen MR) is 67.9 cm³/mol. The molecule has 0 radical (unpaired) electrons. The number of alkyl halides is 7. The SMILES string of the molecule is CCCC(CBr)(CCC)COC(C(F)(F)F)C(F)(F)F. The Morgan fingerprint density at radius 1 is 0.900 bits per heavy atom. The highest BCUT2D eigenvalue weighted by atomic mass is 79.9. The third-order valence-electron chi connectivity index (χ3n) is 2.99. The maximum Gasteiger partial charge on any atom is 0.423 e. The number of hydrogen-bond donors (Lipinski definition) is 0. The molecule has 0 heterocycles. The Balaban J connectivity index is 4.96. The molecule has 20 heavy (non-hydrogen) atoms. The molecule has 0 aliphatic carbocycles. The molecule has 8 heteroatoms. The van der Waals surface area contributed by atoms with Gasteiger partial charge in [0.05, 0.1) is 6.61 Å². The van der Waals surface area contributed by atoms with E-state index in [1.54, 1.807) is 0 Å². The normalized spacial score (nSPS) is 14.1. The molecule has 0 aliphatic rings. The summed E-state index contributed by atoms with van der Waals surface area (Å²) in [4.78, 5) is 0. The van der Waals surface area contributed by atoms with Gasteiger partial charge in [0.2, 0.25) is 6.10 Å². The van der Waals surface area contributed by atoms with E-state index in [9.17, 15) is 26.3 Å². The minimum absolute atomic E-state index is 0.310. The molecular formula is C12H19BrF6O. The third kappa shape index (κ3) is 6.20. The lowest BCUT2D eigenvalue weighted by Gasteiger charge is -2.34. The zero-order valence-electron chi connectivity index (χ0n) is 11.4. The maximum absolute atomic E-state index is 12.4. The molecule has 0 aliphatic heterocycles. The quantitative estimate of drug-likeness (QED) is 0.405. The molecule has 0 amide bonds. The number of halogens is 7. The van der Waals surface area contributed by atoms with Crippen LogP contribution in [0.15, 0.2) is 0 Å². The van der Waals surface area contributed by atoms with Crippen molar-refractivity contribution in [3.8, 4) is 0 Å². The minimum atomic E-state index is -5.45. The first-order valence-corrected chi connectivity index (χ1v) is 7.45. The summed E-state index contributed by atoms with van der Waals surface area (Å²) in [6.07, 6.45) is -12.3. The summed E-state index contributed by atoms with van der Waals surface area (Å²) < 4.78 is 78.7. The van der Waals surface area contributed by atoms with Gasteiger partial charge in [-0.15, -0.1) is 0 Å². The highest BCUT2D eigenvalue weighted by molar-refractivity contribution is 9.09. The second-order valence-corrected chi connectivity index (χ2v) is 5.47. The molecule has 0 fully saturated rings. The number of rotatable bonds is 8. The highest BCUT2D eigenvalue weighted by Crippen LogP contribution is 2.39. The van der Waals surface area contributed by atoms with Crippen LogP contribution in [0.1, 0.15) is 39.5 Å². The van der Waals surface area contributed by atoms with Crippen LogP contribution in [0.25, 0.3) is 0 Å². The van der Waals surface area contributed by atoms with Crippen LogP contribution in [0.3, 0.4) is 0 Å². The summed E-state index contributed by atoms with van der Waals surface area (Å²) in [6, 6.07) is 0. The summed E-state index contributed by atoms with van der Waals surface area (Å²) in [6.45, 7) is 3.10. The predicted octanol–water partition coefficient (Wildman–Crippen LogP) is 5.48. The lowest BCUT2D eigenvalue weighted by molar-refractivity contribution is -0.326. The molecule has 1 nitrogen and oxygen atoms in total. The molecule has 0 rings (SSSR count). The zero-order valence-corrected chi connectivity index (χ0v) is 13.0. The van der Waals surface area contributed by atoms with E-state index in [0.29, 0.717) is 31.0 Å². The Morgan fingerprint density at radius 2 is 1.30 bits per heavy atom. The number of ether oxygens (including phenoxy) is 1. The Hall–Kier alpha value is 0.0200. The Morgan fingerprint density at radius 3 is 1.55 bits per heavy atom. The molecule has 0 atom stereocenters. The van der Waals surface area contributed by atoms with Crippen molar-refractivity contribution < 1.29 is 31.1 Å². The third-order valence-corrected chi connectivity index (χ3v) is 4.18. The van der Waals surface area contributed by atoms with Gasteiger partial charge in [0, 0.05) is 10.7 Å². The van der Waals surface area contributed by atoms with Crippen LogP contribution in [-0.2, 0) is 4.74 Å². The van der Waals surface area contributed by atoms with Crippen molar-refractivity contribution in [2.45, 2.75) is 58.0 Å². The van der Waals surface area contributed by atoms with Crippen LogP contribution in [0.5, 0.6) is 0 Å². The summed E-state index contributed by atoms with van der Waals surface area (Å²) in [7, 11) is 0. The molecule has 0 N–H and O–H groups in total. The van der Waals surface area contributed by atoms with E-state index < -0.39 is 30.5 Å². The van der Waals surface area contributed by atoms with Crippen LogP contribution < -0.4 is 0 Å². The van der Waals surface area contributed by atoms with Crippen molar-refractivity contribution in [1.29, 1.82) is 0 Å². The maximum atomic E-state index is 12.4. The lowest BCUT2D eigenvalue weighted by atomic mass is 9.82. The van der Waals surface area contributed by atoms with E-state index in [4.69, 9.17) is 0 Å². The average molecular weight is 373 g/mol. The van der Waals surface area contributed by atoms with E-state index >= 15 is 0 Å². The highest BCUT2D eigenvalue weighted by Gasteiger charge is 2.58. The van der Waals surface area contributed by atoms with Gasteiger partial charge in [-0.2, -0.15) is 26.3 Å². The fourth-order valence-corrected chi connectivity index (χ4v) is 2.86. The van der Waals surface area contributed by atoms with Crippen molar-refractivity contribution in [2.24, 2.45) is 5.41 Å². The molecule has 122 valence electrons. The van der Waals surface area contributed by atoms with Crippen molar-refractivity contribution in [2.75, 3.05) is 11.9 Å². The molecule has 0 bridgehead atoms. The van der Waals surface area contributed by atoms with E-state index in [-0.39, 0.29) is 0 Å². The summed E-state index contributed by atoms with van der Waals surface area (Å²) in [5, 5.41) is 0.310. The monoisotopic (exact) mass is 372 g/mol. The summed E-state index contributed by atoms with van der Waals surface area (Å²) >= 11 is 3.18. The standard InChI is InChI=1S/C12H19BrF6O/c1-3-5-10(7-13,6-4-2)8-20-9(11(14,15)16)12(17,18)19/h9H,3-8H2,1-2H3. The lowest BCUT2D eigenvalue weighted by Crippen LogP contribution is -2.46. The Bertz CT molecular complexity index is 256. The van der Waals surface area contributed by atoms with Gasteiger partial charge in [0.25, 0.3) is 0 Å². The van der Waals surface area contributed by atoms with Crippen LogP contribution >= 0.6 is 15.9 Å². The topological polar surface area (TPSA) is 9.23 Å². The zero-order chi connectivity index (χ0) is 16.0. The van der Waals surface area contributed by atoms with Gasteiger partial charge in [-0.05, 0) is 12.8 Å². The van der Waals surface area contributed by atoms with Gasteiger partial charge < -0.3 is 4.74 Å². The van der Waals surface area contributed by atoms with Gasteiger partial charge in [0.1, 0.15) is 0 Å². The second-order valence-electron chi connectivity index (χ2n) is 4.91. The van der Waals surface area contributed by atoms with Crippen molar-refractivity contribution in [3.05, 3.63) is 0 Å². The molecule has 0 aromatic rings. The van der Waals surface area contributed by atoms with Gasteiger partial charge in [-0.25, -0.2) is 0 Å². The molecule has 0 saturated carbocycles. The first-order chi connectivity index (χ1) is 9.02. The van der Waals surface area contributed by atoms with E-state index in [0.717, 1.165) is 0 Å². The molecule has 0 unspecified atom stereocenters. The molecular weight excluding hydrogens is 354 g/mol. The van der Waals surface area contributed by atoms with E-state index in [1.807, 2.05) is 13.8 Å².